The minimum atomic E-state index is -4.87. The fourth-order valence-corrected chi connectivity index (χ4v) is 1.44. The third kappa shape index (κ3) is 3.75. The lowest BCUT2D eigenvalue weighted by Crippen LogP contribution is -2.51. The molecule has 0 saturated heterocycles. The molecule has 4 N–H and O–H groups in total. The van der Waals surface area contributed by atoms with Crippen molar-refractivity contribution < 1.29 is 27.8 Å². The summed E-state index contributed by atoms with van der Waals surface area (Å²) in [6.45, 7) is 1.19. The second-order valence-electron chi connectivity index (χ2n) is 4.71. The van der Waals surface area contributed by atoms with E-state index in [0.29, 0.717) is 12.5 Å². The molecule has 0 aromatic carbocycles. The van der Waals surface area contributed by atoms with Gasteiger partial charge >= 0.3 is 6.18 Å². The van der Waals surface area contributed by atoms with Crippen LogP contribution in [-0.4, -0.2) is 41.4 Å². The number of ether oxygens (including phenoxy) is 1. The lowest BCUT2D eigenvalue weighted by molar-refractivity contribution is -0.249. The number of hydrogen-bond acceptors (Lipinski definition) is 5. The molecule has 21 heavy (non-hydrogen) atoms. The second kappa shape index (κ2) is 5.76. The zero-order valence-corrected chi connectivity index (χ0v) is 11.7. The standard InChI is InChI=1S/C12H16F3N3O3/c1-6-4-7(16)8(18-10(6)21-3)9(19)17-5-11(2,20)12(13,14)15/h4,20H,5,16H2,1-3H3,(H,17,19)/t11-/m0/s1. The third-order valence-electron chi connectivity index (χ3n) is 2.81. The van der Waals surface area contributed by atoms with Gasteiger partial charge in [0.2, 0.25) is 5.88 Å². The van der Waals surface area contributed by atoms with E-state index < -0.39 is 24.2 Å². The number of rotatable bonds is 4. The maximum Gasteiger partial charge on any atom is 0.418 e. The first-order valence-electron chi connectivity index (χ1n) is 5.88. The predicted octanol–water partition coefficient (Wildman–Crippen LogP) is 1.02. The summed E-state index contributed by atoms with van der Waals surface area (Å²) in [6, 6.07) is 1.42. The molecule has 0 aliphatic heterocycles. The molecule has 1 atom stereocenters. The van der Waals surface area contributed by atoms with Gasteiger partial charge < -0.3 is 20.9 Å². The summed E-state index contributed by atoms with van der Waals surface area (Å²) in [4.78, 5) is 15.7. The molecule has 0 spiro atoms. The Bertz CT molecular complexity index is 545. The molecule has 9 heteroatoms. The summed E-state index contributed by atoms with van der Waals surface area (Å²) < 4.78 is 42.3. The number of amides is 1. The van der Waals surface area contributed by atoms with Gasteiger partial charge in [0.25, 0.3) is 5.91 Å². The first kappa shape index (κ1) is 17.0. The Balaban J connectivity index is 2.91. The summed E-state index contributed by atoms with van der Waals surface area (Å²) in [6.07, 6.45) is -4.87. The van der Waals surface area contributed by atoms with E-state index in [-0.39, 0.29) is 17.3 Å². The van der Waals surface area contributed by atoms with Crippen LogP contribution >= 0.6 is 0 Å². The number of aryl methyl sites for hydroxylation is 1. The van der Waals surface area contributed by atoms with Crippen LogP contribution in [0.1, 0.15) is 23.0 Å². The van der Waals surface area contributed by atoms with Crippen molar-refractivity contribution in [2.75, 3.05) is 19.4 Å². The van der Waals surface area contributed by atoms with Crippen LogP contribution in [0.5, 0.6) is 5.88 Å². The Morgan fingerprint density at radius 1 is 1.52 bits per heavy atom. The molecule has 118 valence electrons. The predicted molar refractivity (Wildman–Crippen MR) is 69.0 cm³/mol. The first-order chi connectivity index (χ1) is 9.49. The highest BCUT2D eigenvalue weighted by Gasteiger charge is 2.50. The molecule has 0 radical (unpaired) electrons. The van der Waals surface area contributed by atoms with Gasteiger partial charge in [0.05, 0.1) is 19.3 Å². The van der Waals surface area contributed by atoms with Crippen LogP contribution in [-0.2, 0) is 0 Å². The number of alkyl halides is 3. The van der Waals surface area contributed by atoms with Gasteiger partial charge in [-0.3, -0.25) is 4.79 Å². The molecule has 0 bridgehead atoms. The molecule has 1 heterocycles. The zero-order valence-electron chi connectivity index (χ0n) is 11.7. The number of aliphatic hydroxyl groups is 1. The molecule has 6 nitrogen and oxygen atoms in total. The monoisotopic (exact) mass is 307 g/mol. The number of aromatic nitrogens is 1. The van der Waals surface area contributed by atoms with Crippen LogP contribution in [0.3, 0.4) is 0 Å². The average molecular weight is 307 g/mol. The second-order valence-corrected chi connectivity index (χ2v) is 4.71. The van der Waals surface area contributed by atoms with Crippen molar-refractivity contribution in [3.8, 4) is 5.88 Å². The molecular formula is C12H16F3N3O3. The number of carbonyl (C=O) groups is 1. The molecule has 1 amide bonds. The van der Waals surface area contributed by atoms with Crippen LogP contribution < -0.4 is 15.8 Å². The highest BCUT2D eigenvalue weighted by atomic mass is 19.4. The number of carbonyl (C=O) groups excluding carboxylic acids is 1. The smallest absolute Gasteiger partial charge is 0.418 e. The van der Waals surface area contributed by atoms with E-state index in [1.165, 1.54) is 13.2 Å². The Morgan fingerprint density at radius 3 is 2.57 bits per heavy atom. The summed E-state index contributed by atoms with van der Waals surface area (Å²) in [5.41, 5.74) is 2.87. The number of nitrogens with zero attached hydrogens (tertiary/aromatic N) is 1. The minimum Gasteiger partial charge on any atom is -0.481 e. The lowest BCUT2D eigenvalue weighted by atomic mass is 10.1. The molecule has 0 unspecified atom stereocenters. The van der Waals surface area contributed by atoms with E-state index in [2.05, 4.69) is 4.98 Å². The number of nitrogens with one attached hydrogen (secondary N) is 1. The molecular weight excluding hydrogens is 291 g/mol. The van der Waals surface area contributed by atoms with Crippen molar-refractivity contribution in [2.45, 2.75) is 25.6 Å². The van der Waals surface area contributed by atoms with Crippen LogP contribution in [0, 0.1) is 6.92 Å². The van der Waals surface area contributed by atoms with Crippen molar-refractivity contribution in [3.63, 3.8) is 0 Å². The van der Waals surface area contributed by atoms with E-state index in [0.717, 1.165) is 0 Å². The van der Waals surface area contributed by atoms with Crippen molar-refractivity contribution in [2.24, 2.45) is 0 Å². The maximum absolute atomic E-state index is 12.5. The van der Waals surface area contributed by atoms with Gasteiger partial charge in [-0.25, -0.2) is 4.98 Å². The van der Waals surface area contributed by atoms with E-state index >= 15 is 0 Å². The van der Waals surface area contributed by atoms with Gasteiger partial charge in [0.1, 0.15) is 0 Å². The van der Waals surface area contributed by atoms with Gasteiger partial charge in [-0.2, -0.15) is 13.2 Å². The lowest BCUT2D eigenvalue weighted by Gasteiger charge is -2.26. The molecule has 0 saturated carbocycles. The number of nitrogen functional groups attached to an aromatic ring is 1. The highest BCUT2D eigenvalue weighted by molar-refractivity contribution is 5.97. The SMILES string of the molecule is COc1nc(C(=O)NC[C@](C)(O)C(F)(F)F)c(N)cc1C. The molecule has 0 aliphatic rings. The van der Waals surface area contributed by atoms with Gasteiger partial charge in [0.15, 0.2) is 11.3 Å². The number of anilines is 1. The first-order valence-corrected chi connectivity index (χ1v) is 5.88. The third-order valence-corrected chi connectivity index (χ3v) is 2.81. The fraction of sp³-hybridized carbons (Fsp3) is 0.500. The van der Waals surface area contributed by atoms with Crippen LogP contribution in [0.2, 0.25) is 0 Å². The van der Waals surface area contributed by atoms with Gasteiger partial charge in [-0.15, -0.1) is 0 Å². The number of nitrogens with two attached hydrogens (primary N) is 1. The van der Waals surface area contributed by atoms with E-state index in [1.807, 2.05) is 5.32 Å². The Labute approximate surface area is 119 Å². The molecule has 0 fully saturated rings. The van der Waals surface area contributed by atoms with Gasteiger partial charge in [-0.05, 0) is 19.9 Å². The van der Waals surface area contributed by atoms with Crippen LogP contribution in [0.4, 0.5) is 18.9 Å². The average Bonchev–Trinajstić information content (AvgIpc) is 2.35. The van der Waals surface area contributed by atoms with Crippen LogP contribution in [0.15, 0.2) is 6.07 Å². The summed E-state index contributed by atoms with van der Waals surface area (Å²) >= 11 is 0. The molecule has 1 aromatic rings. The molecule has 1 rings (SSSR count). The Hall–Kier alpha value is -2.03. The quantitative estimate of drug-likeness (QED) is 0.771. The molecule has 0 aliphatic carbocycles. The van der Waals surface area contributed by atoms with E-state index in [9.17, 15) is 23.1 Å². The largest absolute Gasteiger partial charge is 0.481 e. The topological polar surface area (TPSA) is 97.5 Å². The summed E-state index contributed by atoms with van der Waals surface area (Å²) in [5.74, 6) is -0.799. The highest BCUT2D eigenvalue weighted by Crippen LogP contribution is 2.29. The zero-order chi connectivity index (χ0) is 16.4. The number of methoxy groups -OCH3 is 1. The fourth-order valence-electron chi connectivity index (χ4n) is 1.44. The van der Waals surface area contributed by atoms with E-state index in [4.69, 9.17) is 10.5 Å². The Kier molecular flexibility index (Phi) is 4.67. The van der Waals surface area contributed by atoms with Crippen molar-refractivity contribution in [1.29, 1.82) is 0 Å². The normalized spacial score (nSPS) is 14.4. The van der Waals surface area contributed by atoms with Crippen molar-refractivity contribution in [3.05, 3.63) is 17.3 Å². The summed E-state index contributed by atoms with van der Waals surface area (Å²) in [7, 11) is 1.33. The Morgan fingerprint density at radius 2 is 2.10 bits per heavy atom. The molecule has 1 aromatic heterocycles. The van der Waals surface area contributed by atoms with Crippen molar-refractivity contribution >= 4 is 11.6 Å². The van der Waals surface area contributed by atoms with Gasteiger partial charge in [0, 0.05) is 5.56 Å². The van der Waals surface area contributed by atoms with Crippen molar-refractivity contribution in [1.82, 2.24) is 10.3 Å². The maximum atomic E-state index is 12.5. The number of halogens is 3. The summed E-state index contributed by atoms with van der Waals surface area (Å²) in [5, 5.41) is 11.2. The van der Waals surface area contributed by atoms with Gasteiger partial charge in [-0.1, -0.05) is 0 Å². The minimum absolute atomic E-state index is 0.00236. The number of pyridine rings is 1. The van der Waals surface area contributed by atoms with Crippen LogP contribution in [0.25, 0.3) is 0 Å². The number of hydrogen-bond donors (Lipinski definition) is 3. The van der Waals surface area contributed by atoms with E-state index in [1.54, 1.807) is 6.92 Å².